The molecule has 23 heavy (non-hydrogen) atoms. The maximum absolute atomic E-state index is 12.4. The molecule has 0 spiro atoms. The summed E-state index contributed by atoms with van der Waals surface area (Å²) in [7, 11) is 1.57. The smallest absolute Gasteiger partial charge is 0.305 e. The molecule has 1 amide bonds. The second-order valence-corrected chi connectivity index (χ2v) is 6.00. The lowest BCUT2D eigenvalue weighted by Crippen LogP contribution is -2.53. The van der Waals surface area contributed by atoms with Crippen molar-refractivity contribution >= 4 is 11.9 Å². The van der Waals surface area contributed by atoms with E-state index in [0.717, 1.165) is 11.1 Å². The zero-order valence-corrected chi connectivity index (χ0v) is 13.6. The first-order valence-corrected chi connectivity index (χ1v) is 7.68. The van der Waals surface area contributed by atoms with Crippen LogP contribution in [0, 0.1) is 6.92 Å². The predicted octanol–water partition coefficient (Wildman–Crippen LogP) is 1.69. The number of carboxylic acid groups (broad SMARTS) is 1. The summed E-state index contributed by atoms with van der Waals surface area (Å²) in [4.78, 5) is 23.6. The summed E-state index contributed by atoms with van der Waals surface area (Å²) in [6.45, 7) is 2.87. The molecule has 1 fully saturated rings. The summed E-state index contributed by atoms with van der Waals surface area (Å²) in [5.74, 6) is -0.456. The van der Waals surface area contributed by atoms with Crippen molar-refractivity contribution < 1.29 is 24.2 Å². The van der Waals surface area contributed by atoms with Crippen molar-refractivity contribution in [1.29, 1.82) is 0 Å². The third-order valence-electron chi connectivity index (χ3n) is 4.13. The Kier molecular flexibility index (Phi) is 5.60. The van der Waals surface area contributed by atoms with Gasteiger partial charge in [-0.2, -0.15) is 0 Å². The number of carboxylic acids is 1. The van der Waals surface area contributed by atoms with E-state index in [9.17, 15) is 9.59 Å². The summed E-state index contributed by atoms with van der Waals surface area (Å²) in [5, 5.41) is 12.1. The molecule has 0 aromatic heterocycles. The lowest BCUT2D eigenvalue weighted by Gasteiger charge is -2.36. The van der Waals surface area contributed by atoms with Gasteiger partial charge in [0.15, 0.2) is 0 Å². The van der Waals surface area contributed by atoms with Crippen molar-refractivity contribution in [3.63, 3.8) is 0 Å². The van der Waals surface area contributed by atoms with Crippen LogP contribution >= 0.6 is 0 Å². The molecule has 2 rings (SSSR count). The number of rotatable bonds is 6. The lowest BCUT2D eigenvalue weighted by molar-refractivity contribution is -0.140. The molecule has 0 saturated carbocycles. The number of hydrogen-bond donors (Lipinski definition) is 2. The standard InChI is InChI=1S/C17H23NO5/c1-12-3-4-14(22-2)13(9-12)10-15(19)18-17(11-16(20)21)5-7-23-8-6-17/h3-4,9H,5-8,10-11H2,1-2H3,(H,18,19)(H,20,21). The predicted molar refractivity (Wildman–Crippen MR) is 84.6 cm³/mol. The first-order valence-electron chi connectivity index (χ1n) is 7.68. The Balaban J connectivity index is 2.10. The highest BCUT2D eigenvalue weighted by Gasteiger charge is 2.36. The Bertz CT molecular complexity index is 578. The van der Waals surface area contributed by atoms with Crippen molar-refractivity contribution in [2.45, 2.75) is 38.1 Å². The van der Waals surface area contributed by atoms with E-state index in [1.165, 1.54) is 0 Å². The van der Waals surface area contributed by atoms with Gasteiger partial charge in [-0.1, -0.05) is 17.7 Å². The largest absolute Gasteiger partial charge is 0.496 e. The van der Waals surface area contributed by atoms with Gasteiger partial charge in [0.2, 0.25) is 5.91 Å². The number of aliphatic carboxylic acids is 1. The summed E-state index contributed by atoms with van der Waals surface area (Å²) >= 11 is 0. The van der Waals surface area contributed by atoms with Crippen LogP contribution in [-0.4, -0.2) is 42.8 Å². The fraction of sp³-hybridized carbons (Fsp3) is 0.529. The van der Waals surface area contributed by atoms with Crippen LogP contribution < -0.4 is 10.1 Å². The molecule has 1 aliphatic rings. The van der Waals surface area contributed by atoms with Crippen LogP contribution in [0.5, 0.6) is 5.75 Å². The first-order chi connectivity index (χ1) is 10.9. The molecule has 1 saturated heterocycles. The van der Waals surface area contributed by atoms with E-state index in [1.807, 2.05) is 25.1 Å². The minimum absolute atomic E-state index is 0.0902. The molecule has 1 aromatic rings. The number of carbonyl (C=O) groups is 2. The summed E-state index contributed by atoms with van der Waals surface area (Å²) < 4.78 is 10.6. The Morgan fingerprint density at radius 3 is 2.65 bits per heavy atom. The molecule has 6 heteroatoms. The second kappa shape index (κ2) is 7.46. The number of hydrogen-bond acceptors (Lipinski definition) is 4. The molecular weight excluding hydrogens is 298 g/mol. The zero-order chi connectivity index (χ0) is 16.9. The average molecular weight is 321 g/mol. The average Bonchev–Trinajstić information content (AvgIpc) is 2.47. The zero-order valence-electron chi connectivity index (χ0n) is 13.6. The topological polar surface area (TPSA) is 84.9 Å². The number of aryl methyl sites for hydroxylation is 1. The molecule has 126 valence electrons. The molecule has 6 nitrogen and oxygen atoms in total. The minimum Gasteiger partial charge on any atom is -0.496 e. The molecule has 0 aliphatic carbocycles. The SMILES string of the molecule is COc1ccc(C)cc1CC(=O)NC1(CC(=O)O)CCOCC1. The van der Waals surface area contributed by atoms with E-state index in [4.69, 9.17) is 14.6 Å². The quantitative estimate of drug-likeness (QED) is 0.833. The van der Waals surface area contributed by atoms with Gasteiger partial charge in [0.05, 0.1) is 25.5 Å². The van der Waals surface area contributed by atoms with Crippen molar-refractivity contribution in [2.75, 3.05) is 20.3 Å². The molecular formula is C17H23NO5. The number of carbonyl (C=O) groups excluding carboxylic acids is 1. The Morgan fingerprint density at radius 2 is 2.04 bits per heavy atom. The minimum atomic E-state index is -0.916. The third kappa shape index (κ3) is 4.69. The maximum atomic E-state index is 12.4. The maximum Gasteiger partial charge on any atom is 0.305 e. The number of methoxy groups -OCH3 is 1. The number of ether oxygens (including phenoxy) is 2. The summed E-state index contributed by atoms with van der Waals surface area (Å²) in [6.07, 6.45) is 1.09. The molecule has 0 atom stereocenters. The lowest BCUT2D eigenvalue weighted by atomic mass is 9.86. The normalized spacial score (nSPS) is 16.6. The van der Waals surface area contributed by atoms with Crippen LogP contribution in [-0.2, 0) is 20.7 Å². The van der Waals surface area contributed by atoms with Crippen LogP contribution in [0.25, 0.3) is 0 Å². The number of benzene rings is 1. The Labute approximate surface area is 135 Å². The van der Waals surface area contributed by atoms with Gasteiger partial charge in [-0.25, -0.2) is 0 Å². The van der Waals surface area contributed by atoms with E-state index >= 15 is 0 Å². The van der Waals surface area contributed by atoms with Gasteiger partial charge in [-0.15, -0.1) is 0 Å². The van der Waals surface area contributed by atoms with Gasteiger partial charge >= 0.3 is 5.97 Å². The van der Waals surface area contributed by atoms with E-state index in [1.54, 1.807) is 7.11 Å². The van der Waals surface area contributed by atoms with E-state index in [2.05, 4.69) is 5.32 Å². The van der Waals surface area contributed by atoms with Crippen molar-refractivity contribution in [3.8, 4) is 5.75 Å². The van der Waals surface area contributed by atoms with E-state index < -0.39 is 11.5 Å². The highest BCUT2D eigenvalue weighted by Crippen LogP contribution is 2.26. The van der Waals surface area contributed by atoms with Gasteiger partial charge in [-0.05, 0) is 25.8 Å². The van der Waals surface area contributed by atoms with E-state index in [0.29, 0.717) is 31.8 Å². The monoisotopic (exact) mass is 321 g/mol. The summed E-state index contributed by atoms with van der Waals surface area (Å²) in [5.41, 5.74) is 1.11. The van der Waals surface area contributed by atoms with E-state index in [-0.39, 0.29) is 18.7 Å². The first kappa shape index (κ1) is 17.3. The second-order valence-electron chi connectivity index (χ2n) is 6.00. The van der Waals surface area contributed by atoms with Crippen molar-refractivity contribution in [1.82, 2.24) is 5.32 Å². The van der Waals surface area contributed by atoms with Gasteiger partial charge in [-0.3, -0.25) is 9.59 Å². The van der Waals surface area contributed by atoms with Gasteiger partial charge in [0.1, 0.15) is 5.75 Å². The van der Waals surface area contributed by atoms with Crippen LogP contribution in [0.1, 0.15) is 30.4 Å². The molecule has 2 N–H and O–H groups in total. The summed E-state index contributed by atoms with van der Waals surface area (Å²) in [6, 6.07) is 5.66. The highest BCUT2D eigenvalue weighted by atomic mass is 16.5. The fourth-order valence-electron chi connectivity index (χ4n) is 2.96. The highest BCUT2D eigenvalue weighted by molar-refractivity contribution is 5.81. The molecule has 1 aromatic carbocycles. The number of amides is 1. The van der Waals surface area contributed by atoms with Crippen LogP contribution in [0.2, 0.25) is 0 Å². The molecule has 0 unspecified atom stereocenters. The third-order valence-corrected chi connectivity index (χ3v) is 4.13. The van der Waals surface area contributed by atoms with Crippen LogP contribution in [0.4, 0.5) is 0 Å². The molecule has 1 heterocycles. The Morgan fingerprint density at radius 1 is 1.35 bits per heavy atom. The van der Waals surface area contributed by atoms with Gasteiger partial charge < -0.3 is 19.9 Å². The molecule has 0 bridgehead atoms. The molecule has 1 aliphatic heterocycles. The van der Waals surface area contributed by atoms with Crippen LogP contribution in [0.3, 0.4) is 0 Å². The number of nitrogens with one attached hydrogen (secondary N) is 1. The van der Waals surface area contributed by atoms with Crippen molar-refractivity contribution in [3.05, 3.63) is 29.3 Å². The van der Waals surface area contributed by atoms with Crippen LogP contribution in [0.15, 0.2) is 18.2 Å². The fourth-order valence-corrected chi connectivity index (χ4v) is 2.96. The Hall–Kier alpha value is -2.08. The molecule has 0 radical (unpaired) electrons. The van der Waals surface area contributed by atoms with Gasteiger partial charge in [0.25, 0.3) is 0 Å². The van der Waals surface area contributed by atoms with Crippen molar-refractivity contribution in [2.24, 2.45) is 0 Å². The van der Waals surface area contributed by atoms with Gasteiger partial charge in [0, 0.05) is 18.8 Å².